The number of ketones is 1. The van der Waals surface area contributed by atoms with Gasteiger partial charge >= 0.3 is 0 Å². The van der Waals surface area contributed by atoms with Crippen molar-refractivity contribution in [1.82, 2.24) is 9.88 Å². The second-order valence-electron chi connectivity index (χ2n) is 3.29. The molecule has 1 saturated heterocycles. The maximum atomic E-state index is 11.0. The Balaban J connectivity index is 1.77. The van der Waals surface area contributed by atoms with Crippen LogP contribution in [0.4, 0.5) is 0 Å². The Labute approximate surface area is 81.4 Å². The highest BCUT2D eigenvalue weighted by Gasteiger charge is 2.18. The van der Waals surface area contributed by atoms with Crippen molar-refractivity contribution in [2.45, 2.75) is 12.8 Å². The summed E-state index contributed by atoms with van der Waals surface area (Å²) < 4.78 is 0. The van der Waals surface area contributed by atoms with E-state index in [0.717, 1.165) is 31.6 Å². The van der Waals surface area contributed by atoms with Crippen LogP contribution in [-0.4, -0.2) is 35.3 Å². The maximum absolute atomic E-state index is 11.0. The quantitative estimate of drug-likeness (QED) is 0.722. The summed E-state index contributed by atoms with van der Waals surface area (Å²) in [5, 5.41) is 2.07. The molecule has 13 heavy (non-hydrogen) atoms. The van der Waals surface area contributed by atoms with Gasteiger partial charge in [-0.15, -0.1) is 11.3 Å². The van der Waals surface area contributed by atoms with Crippen molar-refractivity contribution in [3.8, 4) is 0 Å². The Bertz CT molecular complexity index is 284. The molecule has 1 aliphatic heterocycles. The molecule has 0 unspecified atom stereocenters. The second kappa shape index (κ2) is 3.98. The fraction of sp³-hybridized carbons (Fsp3) is 0.556. The van der Waals surface area contributed by atoms with E-state index in [9.17, 15) is 4.79 Å². The lowest BCUT2D eigenvalue weighted by molar-refractivity contribution is -0.116. The van der Waals surface area contributed by atoms with Crippen LogP contribution in [0.1, 0.15) is 12.1 Å². The minimum absolute atomic E-state index is 0.373. The second-order valence-corrected chi connectivity index (χ2v) is 4.01. The number of Topliss-reactive ketones (excluding diaryl/α,β-unsaturated/α-hetero) is 1. The number of hydrogen-bond acceptors (Lipinski definition) is 4. The van der Waals surface area contributed by atoms with E-state index in [0.29, 0.717) is 12.3 Å². The molecule has 0 aliphatic carbocycles. The largest absolute Gasteiger partial charge is 0.298 e. The molecule has 0 radical (unpaired) electrons. The third-order valence-corrected chi connectivity index (χ3v) is 2.91. The van der Waals surface area contributed by atoms with Crippen molar-refractivity contribution in [2.24, 2.45) is 0 Å². The average Bonchev–Trinajstić information content (AvgIpc) is 2.71. The molecule has 1 aliphatic rings. The topological polar surface area (TPSA) is 33.2 Å². The van der Waals surface area contributed by atoms with E-state index in [4.69, 9.17) is 0 Å². The number of carbonyl (C=O) groups is 1. The Hall–Kier alpha value is -0.740. The molecule has 70 valence electrons. The van der Waals surface area contributed by atoms with Gasteiger partial charge in [0.25, 0.3) is 0 Å². The summed E-state index contributed by atoms with van der Waals surface area (Å²) in [5.41, 5.74) is 2.99. The van der Waals surface area contributed by atoms with Crippen LogP contribution in [0, 0.1) is 0 Å². The van der Waals surface area contributed by atoms with Crippen molar-refractivity contribution in [1.29, 1.82) is 0 Å². The summed E-state index contributed by atoms with van der Waals surface area (Å²) in [6.45, 7) is 2.54. The van der Waals surface area contributed by atoms with Crippen molar-refractivity contribution < 1.29 is 4.79 Å². The Kier molecular flexibility index (Phi) is 2.71. The zero-order valence-corrected chi connectivity index (χ0v) is 8.22. The first-order chi connectivity index (χ1) is 6.34. The lowest BCUT2D eigenvalue weighted by Gasteiger charge is -2.11. The highest BCUT2D eigenvalue weighted by Crippen LogP contribution is 2.07. The van der Waals surface area contributed by atoms with Crippen molar-refractivity contribution in [3.05, 3.63) is 16.6 Å². The van der Waals surface area contributed by atoms with Gasteiger partial charge in [0, 0.05) is 31.3 Å². The minimum Gasteiger partial charge on any atom is -0.298 e. The number of carbonyl (C=O) groups excluding carboxylic acids is 1. The van der Waals surface area contributed by atoms with Crippen LogP contribution in [0.15, 0.2) is 10.9 Å². The molecule has 0 N–H and O–H groups in total. The predicted molar refractivity (Wildman–Crippen MR) is 51.9 cm³/mol. The molecular weight excluding hydrogens is 184 g/mol. The first kappa shape index (κ1) is 8.84. The van der Waals surface area contributed by atoms with Gasteiger partial charge in [-0.3, -0.25) is 9.69 Å². The van der Waals surface area contributed by atoms with Gasteiger partial charge in [0.1, 0.15) is 5.78 Å². The molecule has 1 aromatic heterocycles. The highest BCUT2D eigenvalue weighted by atomic mass is 32.1. The van der Waals surface area contributed by atoms with E-state index in [1.165, 1.54) is 0 Å². The van der Waals surface area contributed by atoms with Crippen LogP contribution in [0.2, 0.25) is 0 Å². The molecule has 0 amide bonds. The van der Waals surface area contributed by atoms with Gasteiger partial charge in [-0.2, -0.15) is 0 Å². The number of thiazole rings is 1. The first-order valence-electron chi connectivity index (χ1n) is 4.46. The number of likely N-dealkylation sites (tertiary alicyclic amines) is 1. The SMILES string of the molecule is O=C1CCN(CCc2cscn2)C1. The van der Waals surface area contributed by atoms with Crippen LogP contribution in [0.25, 0.3) is 0 Å². The zero-order valence-electron chi connectivity index (χ0n) is 7.40. The fourth-order valence-electron chi connectivity index (χ4n) is 1.51. The number of nitrogens with zero attached hydrogens (tertiary/aromatic N) is 2. The third kappa shape index (κ3) is 2.35. The van der Waals surface area contributed by atoms with E-state index in [-0.39, 0.29) is 0 Å². The van der Waals surface area contributed by atoms with Crippen LogP contribution >= 0.6 is 11.3 Å². The number of hydrogen-bond donors (Lipinski definition) is 0. The van der Waals surface area contributed by atoms with Gasteiger partial charge in [0.2, 0.25) is 0 Å². The van der Waals surface area contributed by atoms with Gasteiger partial charge in [0.05, 0.1) is 17.7 Å². The molecule has 0 saturated carbocycles. The van der Waals surface area contributed by atoms with Crippen LogP contribution < -0.4 is 0 Å². The van der Waals surface area contributed by atoms with E-state index < -0.39 is 0 Å². The van der Waals surface area contributed by atoms with Crippen molar-refractivity contribution in [3.63, 3.8) is 0 Å². The standard InChI is InChI=1S/C9H12N2OS/c12-9-2-4-11(5-9)3-1-8-6-13-7-10-8/h6-7H,1-5H2. The minimum atomic E-state index is 0.373. The van der Waals surface area contributed by atoms with Gasteiger partial charge in [-0.1, -0.05) is 0 Å². The first-order valence-corrected chi connectivity index (χ1v) is 5.40. The lowest BCUT2D eigenvalue weighted by atomic mass is 10.3. The van der Waals surface area contributed by atoms with Gasteiger partial charge in [-0.25, -0.2) is 4.98 Å². The monoisotopic (exact) mass is 196 g/mol. The van der Waals surface area contributed by atoms with E-state index >= 15 is 0 Å². The lowest BCUT2D eigenvalue weighted by Crippen LogP contribution is -2.23. The molecule has 4 heteroatoms. The summed E-state index contributed by atoms with van der Waals surface area (Å²) >= 11 is 1.63. The predicted octanol–water partition coefficient (Wildman–Crippen LogP) is 0.960. The molecule has 1 aromatic rings. The molecule has 0 aromatic carbocycles. The molecule has 0 atom stereocenters. The third-order valence-electron chi connectivity index (χ3n) is 2.27. The summed E-state index contributed by atoms with van der Waals surface area (Å²) in [4.78, 5) is 17.4. The van der Waals surface area contributed by atoms with Gasteiger partial charge in [-0.05, 0) is 0 Å². The smallest absolute Gasteiger partial charge is 0.148 e. The molecular formula is C9H12N2OS. The summed E-state index contributed by atoms with van der Waals surface area (Å²) in [6.07, 6.45) is 1.70. The molecule has 2 heterocycles. The number of rotatable bonds is 3. The normalized spacial score (nSPS) is 18.3. The van der Waals surface area contributed by atoms with Crippen molar-refractivity contribution >= 4 is 17.1 Å². The Morgan fingerprint density at radius 2 is 2.54 bits per heavy atom. The van der Waals surface area contributed by atoms with E-state index in [1.807, 2.05) is 5.51 Å². The Morgan fingerprint density at radius 3 is 3.15 bits per heavy atom. The molecule has 3 nitrogen and oxygen atoms in total. The highest BCUT2D eigenvalue weighted by molar-refractivity contribution is 7.07. The molecule has 1 fully saturated rings. The van der Waals surface area contributed by atoms with Gasteiger partial charge in [0.15, 0.2) is 0 Å². The average molecular weight is 196 g/mol. The molecule has 2 rings (SSSR count). The zero-order chi connectivity index (χ0) is 9.10. The van der Waals surface area contributed by atoms with Crippen LogP contribution in [0.3, 0.4) is 0 Å². The van der Waals surface area contributed by atoms with Crippen molar-refractivity contribution in [2.75, 3.05) is 19.6 Å². The van der Waals surface area contributed by atoms with Crippen LogP contribution in [0.5, 0.6) is 0 Å². The maximum Gasteiger partial charge on any atom is 0.148 e. The summed E-state index contributed by atoms with van der Waals surface area (Å²) in [7, 11) is 0. The van der Waals surface area contributed by atoms with Crippen LogP contribution in [-0.2, 0) is 11.2 Å². The van der Waals surface area contributed by atoms with Gasteiger partial charge < -0.3 is 0 Å². The molecule has 0 bridgehead atoms. The summed E-state index contributed by atoms with van der Waals surface area (Å²) in [6, 6.07) is 0. The Morgan fingerprint density at radius 1 is 1.62 bits per heavy atom. The van der Waals surface area contributed by atoms with E-state index in [1.54, 1.807) is 11.3 Å². The number of aromatic nitrogens is 1. The fourth-order valence-corrected chi connectivity index (χ4v) is 2.11. The molecule has 0 spiro atoms. The summed E-state index contributed by atoms with van der Waals surface area (Å²) in [5.74, 6) is 0.373. The van der Waals surface area contributed by atoms with E-state index in [2.05, 4.69) is 15.3 Å².